The number of fused-ring (bicyclic) bond motifs is 2. The van der Waals surface area contributed by atoms with Gasteiger partial charge in [-0.2, -0.15) is 0 Å². The lowest BCUT2D eigenvalue weighted by molar-refractivity contribution is -0.133. The summed E-state index contributed by atoms with van der Waals surface area (Å²) in [4.78, 5) is 33.8. The minimum atomic E-state index is -0.169. The molecule has 1 saturated heterocycles. The molecule has 1 fully saturated rings. The summed E-state index contributed by atoms with van der Waals surface area (Å²) >= 11 is 0. The van der Waals surface area contributed by atoms with E-state index in [1.165, 1.54) is 0 Å². The summed E-state index contributed by atoms with van der Waals surface area (Å²) in [5.74, 6) is 2.48. The lowest BCUT2D eigenvalue weighted by Gasteiger charge is -2.31. The third-order valence-corrected chi connectivity index (χ3v) is 7.73. The van der Waals surface area contributed by atoms with Crippen molar-refractivity contribution in [2.45, 2.75) is 20.0 Å². The Morgan fingerprint density at radius 2 is 1.67 bits per heavy atom. The first-order valence-corrected chi connectivity index (χ1v) is 14.3. The predicted molar refractivity (Wildman–Crippen MR) is 157 cm³/mol. The molecule has 2 amide bonds. The Morgan fingerprint density at radius 1 is 0.857 bits per heavy atom. The summed E-state index contributed by atoms with van der Waals surface area (Å²) in [6.07, 6.45) is 0. The van der Waals surface area contributed by atoms with Crippen molar-refractivity contribution in [1.82, 2.24) is 14.7 Å². The van der Waals surface area contributed by atoms with Gasteiger partial charge in [-0.25, -0.2) is 0 Å². The number of aryl methyl sites for hydroxylation is 1. The van der Waals surface area contributed by atoms with Crippen molar-refractivity contribution in [2.24, 2.45) is 0 Å². The molecule has 0 atom stereocenters. The molecule has 0 bridgehead atoms. The largest absolute Gasteiger partial charge is 0.464 e. The lowest BCUT2D eigenvalue weighted by Crippen LogP contribution is -2.47. The standard InChI is InChI=1S/C33H35N3O6/c1-24-9-11-27(42-24)21-36(20-25-10-12-30-31(19-25)41-23-40-30)32(37)22-35(14-13-34-15-17-39-18-16-34)33(38)29-8-4-6-26-5-2-3-7-28(26)29/h2-12,19H,13-18,20-23H2,1H3. The average molecular weight is 570 g/mol. The molecule has 0 unspecified atom stereocenters. The van der Waals surface area contributed by atoms with Crippen LogP contribution in [0.1, 0.15) is 27.4 Å². The van der Waals surface area contributed by atoms with E-state index in [1.54, 1.807) is 9.80 Å². The second-order valence-electron chi connectivity index (χ2n) is 10.7. The number of amides is 2. The Morgan fingerprint density at radius 3 is 2.50 bits per heavy atom. The fourth-order valence-corrected chi connectivity index (χ4v) is 5.43. The van der Waals surface area contributed by atoms with Crippen molar-refractivity contribution in [3.05, 3.63) is 95.4 Å². The molecule has 2 aliphatic rings. The molecule has 4 aromatic rings. The average Bonchev–Trinajstić information content (AvgIpc) is 3.66. The number of hydrogen-bond donors (Lipinski definition) is 0. The van der Waals surface area contributed by atoms with Gasteiger partial charge in [-0.15, -0.1) is 0 Å². The quantitative estimate of drug-likeness (QED) is 0.279. The van der Waals surface area contributed by atoms with Gasteiger partial charge in [-0.05, 0) is 53.6 Å². The van der Waals surface area contributed by atoms with E-state index in [0.29, 0.717) is 55.7 Å². The molecule has 3 aromatic carbocycles. The van der Waals surface area contributed by atoms with Crippen LogP contribution in [0.25, 0.3) is 10.8 Å². The van der Waals surface area contributed by atoms with E-state index in [1.807, 2.05) is 79.7 Å². The third-order valence-electron chi connectivity index (χ3n) is 7.73. The number of carbonyl (C=O) groups is 2. The minimum Gasteiger partial charge on any atom is -0.464 e. The van der Waals surface area contributed by atoms with E-state index in [-0.39, 0.29) is 31.7 Å². The van der Waals surface area contributed by atoms with Crippen molar-refractivity contribution in [1.29, 1.82) is 0 Å². The van der Waals surface area contributed by atoms with E-state index in [9.17, 15) is 9.59 Å². The van der Waals surface area contributed by atoms with Crippen molar-refractivity contribution in [2.75, 3.05) is 52.7 Å². The van der Waals surface area contributed by atoms with Crippen LogP contribution in [0.5, 0.6) is 11.5 Å². The van der Waals surface area contributed by atoms with Gasteiger partial charge in [0.2, 0.25) is 12.7 Å². The molecular formula is C33H35N3O6. The van der Waals surface area contributed by atoms with Gasteiger partial charge in [0.1, 0.15) is 18.1 Å². The fraction of sp³-hybridized carbons (Fsp3) is 0.333. The maximum absolute atomic E-state index is 14.1. The van der Waals surface area contributed by atoms with E-state index in [2.05, 4.69) is 4.90 Å². The van der Waals surface area contributed by atoms with Crippen LogP contribution < -0.4 is 9.47 Å². The number of ether oxygens (including phenoxy) is 3. The molecule has 3 heterocycles. The van der Waals surface area contributed by atoms with Gasteiger partial charge >= 0.3 is 0 Å². The second-order valence-corrected chi connectivity index (χ2v) is 10.7. The molecule has 218 valence electrons. The number of benzene rings is 3. The van der Waals surface area contributed by atoms with Crippen LogP contribution in [0.3, 0.4) is 0 Å². The number of carbonyl (C=O) groups excluding carboxylic acids is 2. The van der Waals surface area contributed by atoms with Gasteiger partial charge in [0.25, 0.3) is 5.91 Å². The second kappa shape index (κ2) is 12.7. The zero-order chi connectivity index (χ0) is 28.9. The molecule has 0 aliphatic carbocycles. The van der Waals surface area contributed by atoms with Crippen molar-refractivity contribution >= 4 is 22.6 Å². The highest BCUT2D eigenvalue weighted by atomic mass is 16.7. The third kappa shape index (κ3) is 6.42. The summed E-state index contributed by atoms with van der Waals surface area (Å²) in [6, 6.07) is 23.0. The van der Waals surface area contributed by atoms with Crippen LogP contribution in [-0.2, 0) is 22.6 Å². The first-order valence-electron chi connectivity index (χ1n) is 14.3. The molecule has 0 N–H and O–H groups in total. The molecule has 6 rings (SSSR count). The van der Waals surface area contributed by atoms with E-state index in [4.69, 9.17) is 18.6 Å². The molecular weight excluding hydrogens is 534 g/mol. The highest BCUT2D eigenvalue weighted by molar-refractivity contribution is 6.07. The minimum absolute atomic E-state index is 0.0589. The molecule has 1 aromatic heterocycles. The molecule has 0 spiro atoms. The first-order chi connectivity index (χ1) is 20.5. The smallest absolute Gasteiger partial charge is 0.254 e. The van der Waals surface area contributed by atoms with Gasteiger partial charge in [0, 0.05) is 38.3 Å². The fourth-order valence-electron chi connectivity index (χ4n) is 5.43. The lowest BCUT2D eigenvalue weighted by atomic mass is 10.0. The van der Waals surface area contributed by atoms with Crippen LogP contribution in [0.15, 0.2) is 77.2 Å². The summed E-state index contributed by atoms with van der Waals surface area (Å²) < 4.78 is 22.4. The molecule has 9 nitrogen and oxygen atoms in total. The first kappa shape index (κ1) is 27.8. The summed E-state index contributed by atoms with van der Waals surface area (Å²) in [7, 11) is 0. The highest BCUT2D eigenvalue weighted by Gasteiger charge is 2.26. The number of rotatable bonds is 10. The van der Waals surface area contributed by atoms with E-state index < -0.39 is 0 Å². The van der Waals surface area contributed by atoms with Gasteiger partial charge < -0.3 is 28.4 Å². The van der Waals surface area contributed by atoms with Crippen molar-refractivity contribution in [3.8, 4) is 11.5 Å². The van der Waals surface area contributed by atoms with Gasteiger partial charge in [-0.1, -0.05) is 42.5 Å². The number of morpholine rings is 1. The van der Waals surface area contributed by atoms with Crippen molar-refractivity contribution < 1.29 is 28.2 Å². The van der Waals surface area contributed by atoms with Crippen LogP contribution in [0.4, 0.5) is 0 Å². The van der Waals surface area contributed by atoms with Gasteiger partial charge in [0.05, 0.1) is 19.8 Å². The summed E-state index contributed by atoms with van der Waals surface area (Å²) in [5, 5.41) is 1.86. The summed E-state index contributed by atoms with van der Waals surface area (Å²) in [6.45, 7) is 6.64. The number of hydrogen-bond acceptors (Lipinski definition) is 7. The van der Waals surface area contributed by atoms with Crippen LogP contribution in [0, 0.1) is 6.92 Å². The normalized spacial score (nSPS) is 14.7. The Kier molecular flexibility index (Phi) is 8.39. The Hall–Kier alpha value is -4.34. The monoisotopic (exact) mass is 569 g/mol. The zero-order valence-electron chi connectivity index (χ0n) is 23.8. The predicted octanol–water partition coefficient (Wildman–Crippen LogP) is 4.47. The van der Waals surface area contributed by atoms with E-state index in [0.717, 1.165) is 35.2 Å². The Labute approximate surface area is 245 Å². The zero-order valence-corrected chi connectivity index (χ0v) is 23.8. The number of furan rings is 1. The van der Waals surface area contributed by atoms with Crippen LogP contribution in [0.2, 0.25) is 0 Å². The molecule has 2 aliphatic heterocycles. The topological polar surface area (TPSA) is 84.7 Å². The number of nitrogens with zero attached hydrogens (tertiary/aromatic N) is 3. The SMILES string of the molecule is Cc1ccc(CN(Cc2ccc3c(c2)OCO3)C(=O)CN(CCN2CCOCC2)C(=O)c2cccc3ccccc23)o1. The Balaban J connectivity index is 1.26. The summed E-state index contributed by atoms with van der Waals surface area (Å²) in [5.41, 5.74) is 1.49. The van der Waals surface area contributed by atoms with Crippen molar-refractivity contribution in [3.63, 3.8) is 0 Å². The molecule has 9 heteroatoms. The maximum atomic E-state index is 14.1. The maximum Gasteiger partial charge on any atom is 0.254 e. The molecule has 0 saturated carbocycles. The molecule has 42 heavy (non-hydrogen) atoms. The van der Waals surface area contributed by atoms with Gasteiger partial charge in [0.15, 0.2) is 11.5 Å². The Bertz CT molecular complexity index is 1560. The van der Waals surface area contributed by atoms with Gasteiger partial charge in [-0.3, -0.25) is 14.5 Å². The molecule has 0 radical (unpaired) electrons. The van der Waals surface area contributed by atoms with E-state index >= 15 is 0 Å². The highest BCUT2D eigenvalue weighted by Crippen LogP contribution is 2.33. The van der Waals surface area contributed by atoms with Crippen LogP contribution in [-0.4, -0.2) is 79.2 Å². The van der Waals surface area contributed by atoms with Crippen LogP contribution >= 0.6 is 0 Å².